The van der Waals surface area contributed by atoms with E-state index in [1.807, 2.05) is 12.1 Å². The molecule has 2 aromatic rings. The average molecular weight is 543 g/mol. The van der Waals surface area contributed by atoms with Crippen LogP contribution in [0.25, 0.3) is 9.75 Å². The minimum Gasteiger partial charge on any atom is -0.462 e. The van der Waals surface area contributed by atoms with Crippen molar-refractivity contribution in [2.45, 2.75) is 58.3 Å². The Morgan fingerprint density at radius 1 is 1.04 bits per heavy atom. The van der Waals surface area contributed by atoms with Crippen molar-refractivity contribution in [2.75, 3.05) is 6.61 Å². The number of unbranched alkanes of at least 4 members (excludes halogenated alkanes) is 7. The third-order valence-corrected chi connectivity index (χ3v) is 8.31. The summed E-state index contributed by atoms with van der Waals surface area (Å²) in [5, 5.41) is 0.660. The van der Waals surface area contributed by atoms with Gasteiger partial charge >= 0.3 is 5.97 Å². The van der Waals surface area contributed by atoms with E-state index >= 15 is 0 Å². The maximum absolute atomic E-state index is 12.5. The molecule has 0 aromatic carbocycles. The van der Waals surface area contributed by atoms with Crippen molar-refractivity contribution in [3.8, 4) is 9.75 Å². The zero-order valence-corrected chi connectivity index (χ0v) is 20.3. The molecule has 0 saturated carbocycles. The zero-order chi connectivity index (χ0) is 18.9. The maximum atomic E-state index is 12.5. The van der Waals surface area contributed by atoms with Gasteiger partial charge in [-0.2, -0.15) is 0 Å². The summed E-state index contributed by atoms with van der Waals surface area (Å²) in [6, 6.07) is 3.71. The lowest BCUT2D eigenvalue weighted by Crippen LogP contribution is -2.06. The van der Waals surface area contributed by atoms with Gasteiger partial charge in [-0.15, -0.1) is 22.7 Å². The maximum Gasteiger partial charge on any atom is 0.339 e. The normalized spacial score (nSPS) is 11.1. The van der Waals surface area contributed by atoms with Gasteiger partial charge in [0.05, 0.1) is 29.6 Å². The smallest absolute Gasteiger partial charge is 0.339 e. The largest absolute Gasteiger partial charge is 0.462 e. The number of ether oxygens (including phenoxy) is 1. The van der Waals surface area contributed by atoms with Gasteiger partial charge in [0.1, 0.15) is 0 Å². The number of thiophene rings is 2. The van der Waals surface area contributed by atoms with Gasteiger partial charge in [-0.05, 0) is 50.4 Å². The lowest BCUT2D eigenvalue weighted by Gasteiger charge is -2.05. The first kappa shape index (κ1) is 22.4. The molecule has 144 valence electrons. The molecule has 2 rings (SSSR count). The van der Waals surface area contributed by atoms with Crippen molar-refractivity contribution >= 4 is 72.1 Å². The summed E-state index contributed by atoms with van der Waals surface area (Å²) < 4.78 is 7.27. The third kappa shape index (κ3) is 6.93. The standard InChI is InChI=1S/C19H23Br2ClO2S2/c1-2-3-4-5-6-7-8-9-10-24-19(23)13-11-16(20)26-17(13)15-12-14(22)18(21)25-15/h11-12H,2-10H2,1H3. The number of halogens is 3. The van der Waals surface area contributed by atoms with E-state index < -0.39 is 0 Å². The second kappa shape index (κ2) is 11.8. The molecule has 26 heavy (non-hydrogen) atoms. The summed E-state index contributed by atoms with van der Waals surface area (Å²) in [5.41, 5.74) is 0.604. The fourth-order valence-corrected chi connectivity index (χ4v) is 6.04. The van der Waals surface area contributed by atoms with Crippen LogP contribution in [0.1, 0.15) is 68.6 Å². The van der Waals surface area contributed by atoms with Gasteiger partial charge in [0.15, 0.2) is 0 Å². The fraction of sp³-hybridized carbons (Fsp3) is 0.526. The summed E-state index contributed by atoms with van der Waals surface area (Å²) in [5.74, 6) is -0.259. The molecule has 0 amide bonds. The number of carbonyl (C=O) groups is 1. The van der Waals surface area contributed by atoms with Crippen LogP contribution in [0.5, 0.6) is 0 Å². The van der Waals surface area contributed by atoms with E-state index in [9.17, 15) is 4.79 Å². The highest BCUT2D eigenvalue weighted by molar-refractivity contribution is 9.11. The van der Waals surface area contributed by atoms with Gasteiger partial charge in [0, 0.05) is 4.88 Å². The van der Waals surface area contributed by atoms with Crippen molar-refractivity contribution in [3.63, 3.8) is 0 Å². The first-order chi connectivity index (χ1) is 12.5. The Kier molecular flexibility index (Phi) is 10.2. The highest BCUT2D eigenvalue weighted by Crippen LogP contribution is 2.43. The van der Waals surface area contributed by atoms with Gasteiger partial charge in [-0.3, -0.25) is 0 Å². The van der Waals surface area contributed by atoms with Crippen LogP contribution in [0.15, 0.2) is 19.7 Å². The number of carbonyl (C=O) groups excluding carboxylic acids is 1. The predicted molar refractivity (Wildman–Crippen MR) is 121 cm³/mol. The zero-order valence-electron chi connectivity index (χ0n) is 14.8. The molecule has 2 heterocycles. The second-order valence-corrected chi connectivity index (χ2v) is 11.3. The summed E-state index contributed by atoms with van der Waals surface area (Å²) >= 11 is 16.1. The lowest BCUT2D eigenvalue weighted by atomic mass is 10.1. The van der Waals surface area contributed by atoms with Crippen LogP contribution < -0.4 is 0 Å². The summed E-state index contributed by atoms with van der Waals surface area (Å²) in [6.45, 7) is 2.72. The van der Waals surface area contributed by atoms with Crippen LogP contribution in [0.3, 0.4) is 0 Å². The van der Waals surface area contributed by atoms with E-state index in [1.54, 1.807) is 0 Å². The van der Waals surface area contributed by atoms with Gasteiger partial charge < -0.3 is 4.74 Å². The molecule has 0 bridgehead atoms. The van der Waals surface area contributed by atoms with Gasteiger partial charge in [0.2, 0.25) is 0 Å². The summed E-state index contributed by atoms with van der Waals surface area (Å²) in [4.78, 5) is 14.3. The molecule has 0 unspecified atom stereocenters. The first-order valence-corrected chi connectivity index (χ1v) is 12.5. The molecule has 0 aliphatic heterocycles. The molecule has 0 radical (unpaired) electrons. The Morgan fingerprint density at radius 2 is 1.69 bits per heavy atom. The van der Waals surface area contributed by atoms with Crippen molar-refractivity contribution in [1.29, 1.82) is 0 Å². The van der Waals surface area contributed by atoms with E-state index in [4.69, 9.17) is 16.3 Å². The van der Waals surface area contributed by atoms with E-state index in [0.717, 1.165) is 30.2 Å². The molecule has 0 atom stereocenters. The highest BCUT2D eigenvalue weighted by atomic mass is 79.9. The monoisotopic (exact) mass is 540 g/mol. The molecule has 7 heteroatoms. The highest BCUT2D eigenvalue weighted by Gasteiger charge is 2.20. The van der Waals surface area contributed by atoms with Gasteiger partial charge in [-0.25, -0.2) is 4.79 Å². The molecule has 0 N–H and O–H groups in total. The lowest BCUT2D eigenvalue weighted by molar-refractivity contribution is 0.0499. The molecular formula is C19H23Br2ClO2S2. The molecule has 2 nitrogen and oxygen atoms in total. The van der Waals surface area contributed by atoms with Crippen LogP contribution in [-0.4, -0.2) is 12.6 Å². The Hall–Kier alpha value is 0.120. The van der Waals surface area contributed by atoms with Crippen LogP contribution in [0.2, 0.25) is 5.02 Å². The van der Waals surface area contributed by atoms with E-state index in [-0.39, 0.29) is 5.97 Å². The number of hydrogen-bond acceptors (Lipinski definition) is 4. The Bertz CT molecular complexity index is 693. The molecule has 0 spiro atoms. The van der Waals surface area contributed by atoms with E-state index in [1.165, 1.54) is 61.2 Å². The van der Waals surface area contributed by atoms with Crippen LogP contribution in [-0.2, 0) is 4.74 Å². The quantitative estimate of drug-likeness (QED) is 0.209. The first-order valence-electron chi connectivity index (χ1n) is 8.94. The average Bonchev–Trinajstić information content (AvgIpc) is 3.16. The SMILES string of the molecule is CCCCCCCCCCOC(=O)c1cc(Br)sc1-c1cc(Cl)c(Br)s1. The second-order valence-electron chi connectivity index (χ2n) is 6.14. The van der Waals surface area contributed by atoms with Crippen molar-refractivity contribution < 1.29 is 9.53 Å². The Labute approximate surface area is 185 Å². The molecule has 0 aliphatic rings. The molecule has 2 aromatic heterocycles. The molecular weight excluding hydrogens is 520 g/mol. The minimum absolute atomic E-state index is 0.259. The molecule has 0 saturated heterocycles. The number of esters is 1. The van der Waals surface area contributed by atoms with Crippen molar-refractivity contribution in [3.05, 3.63) is 30.3 Å². The summed E-state index contributed by atoms with van der Waals surface area (Å²) in [6.07, 6.45) is 9.82. The predicted octanol–water partition coefficient (Wildman–Crippen LogP) is 8.95. The topological polar surface area (TPSA) is 26.3 Å². The van der Waals surface area contributed by atoms with Gasteiger partial charge in [0.25, 0.3) is 0 Å². The third-order valence-electron chi connectivity index (χ3n) is 4.02. The molecule has 0 fully saturated rings. The van der Waals surface area contributed by atoms with Crippen LogP contribution in [0.4, 0.5) is 0 Å². The number of rotatable bonds is 11. The Balaban J connectivity index is 1.79. The number of hydrogen-bond donors (Lipinski definition) is 0. The molecule has 0 aliphatic carbocycles. The van der Waals surface area contributed by atoms with Crippen LogP contribution in [0, 0.1) is 0 Å². The summed E-state index contributed by atoms with van der Waals surface area (Å²) in [7, 11) is 0. The van der Waals surface area contributed by atoms with E-state index in [2.05, 4.69) is 38.8 Å². The fourth-order valence-electron chi connectivity index (χ4n) is 2.63. The van der Waals surface area contributed by atoms with Crippen molar-refractivity contribution in [2.24, 2.45) is 0 Å². The van der Waals surface area contributed by atoms with Crippen molar-refractivity contribution in [1.82, 2.24) is 0 Å². The van der Waals surface area contributed by atoms with Gasteiger partial charge in [-0.1, -0.05) is 63.5 Å². The Morgan fingerprint density at radius 3 is 2.31 bits per heavy atom. The minimum atomic E-state index is -0.259. The van der Waals surface area contributed by atoms with Crippen LogP contribution >= 0.6 is 66.1 Å². The van der Waals surface area contributed by atoms with E-state index in [0.29, 0.717) is 17.2 Å².